The maximum Gasteiger partial charge on any atom is 0.255 e. The van der Waals surface area contributed by atoms with Crippen LogP contribution in [-0.4, -0.2) is 50.9 Å². The van der Waals surface area contributed by atoms with E-state index < -0.39 is 0 Å². The number of carbonyl (C=O) groups is 1. The summed E-state index contributed by atoms with van der Waals surface area (Å²) in [7, 11) is 0. The first kappa shape index (κ1) is 19.7. The monoisotopic (exact) mass is 413 g/mol. The van der Waals surface area contributed by atoms with Gasteiger partial charge in [0.1, 0.15) is 5.65 Å². The van der Waals surface area contributed by atoms with Gasteiger partial charge in [-0.2, -0.15) is 0 Å². The third-order valence-electron chi connectivity index (χ3n) is 6.30. The van der Waals surface area contributed by atoms with Gasteiger partial charge in [-0.1, -0.05) is 19.1 Å². The maximum absolute atomic E-state index is 13.2. The van der Waals surface area contributed by atoms with Crippen LogP contribution in [0, 0.1) is 12.8 Å². The van der Waals surface area contributed by atoms with Gasteiger partial charge in [-0.25, -0.2) is 4.98 Å². The molecule has 0 N–H and O–H groups in total. The Morgan fingerprint density at radius 2 is 2.00 bits per heavy atom. The molecular weight excluding hydrogens is 386 g/mol. The molecule has 2 aromatic rings. The minimum atomic E-state index is -0.0536. The third kappa shape index (κ3) is 3.91. The van der Waals surface area contributed by atoms with Gasteiger partial charge in [-0.05, 0) is 68.7 Å². The average molecular weight is 414 g/mol. The molecule has 31 heavy (non-hydrogen) atoms. The van der Waals surface area contributed by atoms with Crippen molar-refractivity contribution in [2.24, 2.45) is 10.9 Å². The summed E-state index contributed by atoms with van der Waals surface area (Å²) in [4.78, 5) is 26.6. The van der Waals surface area contributed by atoms with Gasteiger partial charge >= 0.3 is 0 Å². The molecule has 0 saturated carbocycles. The lowest BCUT2D eigenvalue weighted by Gasteiger charge is -2.33. The summed E-state index contributed by atoms with van der Waals surface area (Å²) in [5.74, 6) is 0.354. The average Bonchev–Trinajstić information content (AvgIpc) is 3.16. The van der Waals surface area contributed by atoms with E-state index in [0.29, 0.717) is 5.92 Å². The Bertz CT molecular complexity index is 1170. The van der Waals surface area contributed by atoms with Crippen molar-refractivity contribution in [3.63, 3.8) is 0 Å². The topological polar surface area (TPSA) is 53.2 Å². The maximum atomic E-state index is 13.2. The number of allylic oxidation sites excluding steroid dienone is 6. The van der Waals surface area contributed by atoms with Crippen LogP contribution < -0.4 is 0 Å². The molecule has 3 aliphatic rings. The van der Waals surface area contributed by atoms with Crippen LogP contribution >= 0.6 is 0 Å². The van der Waals surface area contributed by atoms with E-state index in [1.807, 2.05) is 66.5 Å². The second-order valence-corrected chi connectivity index (χ2v) is 8.34. The highest BCUT2D eigenvalue weighted by Gasteiger charge is 2.26. The first-order chi connectivity index (χ1) is 15.1. The van der Waals surface area contributed by atoms with Gasteiger partial charge in [0.15, 0.2) is 0 Å². The van der Waals surface area contributed by atoms with Crippen LogP contribution in [0.25, 0.3) is 11.2 Å². The fraction of sp³-hybridized carbons (Fsp3) is 0.320. The van der Waals surface area contributed by atoms with E-state index in [-0.39, 0.29) is 5.91 Å². The van der Waals surface area contributed by atoms with Crippen LogP contribution in [0.2, 0.25) is 0 Å². The first-order valence-electron chi connectivity index (χ1n) is 11.0. The minimum absolute atomic E-state index is 0.0536. The number of pyridine rings is 1. The Kier molecular flexibility index (Phi) is 5.16. The predicted octanol–water partition coefficient (Wildman–Crippen LogP) is 3.97. The molecule has 0 unspecified atom stereocenters. The largest absolute Gasteiger partial charge is 0.306 e. The first-order valence-corrected chi connectivity index (χ1v) is 11.0. The van der Waals surface area contributed by atoms with Crippen LogP contribution in [0.15, 0.2) is 71.4 Å². The Labute approximate surface area is 182 Å². The number of aromatic nitrogens is 2. The lowest BCUT2D eigenvalue weighted by Crippen LogP contribution is -2.35. The lowest BCUT2D eigenvalue weighted by molar-refractivity contribution is -0.121. The van der Waals surface area contributed by atoms with E-state index >= 15 is 0 Å². The number of nitrogens with zero attached hydrogens (tertiary/aromatic N) is 5. The number of aliphatic imine (C=N–C) groups is 1. The normalized spacial score (nSPS) is 23.0. The van der Waals surface area contributed by atoms with Gasteiger partial charge in [0.25, 0.3) is 5.91 Å². The van der Waals surface area contributed by atoms with Crippen molar-refractivity contribution in [2.75, 3.05) is 19.6 Å². The molecule has 5 heterocycles. The summed E-state index contributed by atoms with van der Waals surface area (Å²) in [6.45, 7) is 7.46. The molecule has 0 bridgehead atoms. The van der Waals surface area contributed by atoms with E-state index in [1.165, 1.54) is 0 Å². The number of hydrogen-bond donors (Lipinski definition) is 0. The lowest BCUT2D eigenvalue weighted by atomic mass is 9.93. The van der Waals surface area contributed by atoms with E-state index in [0.717, 1.165) is 66.3 Å². The quantitative estimate of drug-likeness (QED) is 0.765. The van der Waals surface area contributed by atoms with Crippen LogP contribution in [0.3, 0.4) is 0 Å². The number of rotatable bonds is 3. The van der Waals surface area contributed by atoms with Crippen molar-refractivity contribution in [1.82, 2.24) is 19.2 Å². The number of imidazole rings is 1. The number of piperidine rings is 1. The molecule has 5 rings (SSSR count). The second kappa shape index (κ2) is 8.12. The third-order valence-corrected chi connectivity index (χ3v) is 6.30. The van der Waals surface area contributed by atoms with E-state index in [1.54, 1.807) is 11.0 Å². The van der Waals surface area contributed by atoms with Crippen molar-refractivity contribution >= 4 is 23.3 Å². The van der Waals surface area contributed by atoms with E-state index in [9.17, 15) is 4.79 Å². The summed E-state index contributed by atoms with van der Waals surface area (Å²) in [5, 5.41) is 0. The zero-order valence-corrected chi connectivity index (χ0v) is 18.0. The summed E-state index contributed by atoms with van der Waals surface area (Å²) in [5.41, 5.74) is 5.54. The second-order valence-electron chi connectivity index (χ2n) is 8.34. The van der Waals surface area contributed by atoms with Gasteiger partial charge in [0, 0.05) is 30.6 Å². The minimum Gasteiger partial charge on any atom is -0.306 e. The SMILES string of the molecule is CCN1CCC(C2=CN3C(=O)/C=C(c4ccc5nc(C)cn5c4)\C=C\C=C3C=N2)CC1. The Hall–Kier alpha value is -3.25. The fourth-order valence-electron chi connectivity index (χ4n) is 4.48. The number of fused-ring (bicyclic) bond motifs is 2. The smallest absolute Gasteiger partial charge is 0.255 e. The highest BCUT2D eigenvalue weighted by atomic mass is 16.2. The summed E-state index contributed by atoms with van der Waals surface area (Å²) in [6.07, 6.45) is 17.6. The van der Waals surface area contributed by atoms with Crippen LogP contribution in [0.4, 0.5) is 0 Å². The summed E-state index contributed by atoms with van der Waals surface area (Å²) < 4.78 is 2.00. The summed E-state index contributed by atoms with van der Waals surface area (Å²) in [6, 6.07) is 3.99. The van der Waals surface area contributed by atoms with Crippen LogP contribution in [-0.2, 0) is 4.79 Å². The molecule has 1 fully saturated rings. The summed E-state index contributed by atoms with van der Waals surface area (Å²) >= 11 is 0. The van der Waals surface area contributed by atoms with Gasteiger partial charge in [-0.15, -0.1) is 0 Å². The van der Waals surface area contributed by atoms with Gasteiger partial charge < -0.3 is 9.30 Å². The molecule has 2 aromatic heterocycles. The Morgan fingerprint density at radius 1 is 1.16 bits per heavy atom. The molecular formula is C25H27N5O. The highest BCUT2D eigenvalue weighted by molar-refractivity contribution is 6.02. The Morgan fingerprint density at radius 3 is 2.81 bits per heavy atom. The molecule has 3 aliphatic heterocycles. The molecule has 1 saturated heterocycles. The van der Waals surface area contributed by atoms with Crippen molar-refractivity contribution in [1.29, 1.82) is 0 Å². The standard InChI is InChI=1S/C25H27N5O/c1-3-28-11-9-19(10-12-28)23-17-30-22(14-26-23)6-4-5-20(13-25(30)31)21-7-8-24-27-18(2)15-29(24)16-21/h4-8,13-17,19H,3,9-12H2,1-2H3/b5-4+,20-13+,22-6?. The molecule has 158 valence electrons. The Balaban J connectivity index is 1.43. The predicted molar refractivity (Wildman–Crippen MR) is 123 cm³/mol. The number of aryl methyl sites for hydroxylation is 1. The molecule has 6 nitrogen and oxygen atoms in total. The van der Waals surface area contributed by atoms with Crippen LogP contribution in [0.5, 0.6) is 0 Å². The number of carbonyl (C=O) groups excluding carboxylic acids is 1. The molecule has 6 heteroatoms. The highest BCUT2D eigenvalue weighted by Crippen LogP contribution is 2.30. The molecule has 0 radical (unpaired) electrons. The number of hydrogen-bond acceptors (Lipinski definition) is 4. The number of amides is 1. The van der Waals surface area contributed by atoms with Gasteiger partial charge in [-0.3, -0.25) is 14.7 Å². The van der Waals surface area contributed by atoms with Gasteiger partial charge in [0.2, 0.25) is 0 Å². The van der Waals surface area contributed by atoms with Crippen LogP contribution in [0.1, 0.15) is 31.0 Å². The zero-order valence-electron chi connectivity index (χ0n) is 18.0. The van der Waals surface area contributed by atoms with Crippen molar-refractivity contribution in [3.05, 3.63) is 77.7 Å². The molecule has 0 aromatic carbocycles. The van der Waals surface area contributed by atoms with E-state index in [2.05, 4.69) is 16.8 Å². The fourth-order valence-corrected chi connectivity index (χ4v) is 4.48. The van der Waals surface area contributed by atoms with Crippen molar-refractivity contribution in [2.45, 2.75) is 26.7 Å². The molecule has 1 amide bonds. The molecule has 0 atom stereocenters. The molecule has 0 aliphatic carbocycles. The van der Waals surface area contributed by atoms with Crippen molar-refractivity contribution in [3.8, 4) is 0 Å². The van der Waals surface area contributed by atoms with Gasteiger partial charge in [0.05, 0.1) is 23.3 Å². The molecule has 0 spiro atoms. The van der Waals surface area contributed by atoms with E-state index in [4.69, 9.17) is 4.99 Å². The van der Waals surface area contributed by atoms with Crippen molar-refractivity contribution < 1.29 is 4.79 Å². The zero-order chi connectivity index (χ0) is 21.4. The number of likely N-dealkylation sites (tertiary alicyclic amines) is 1.